The molecule has 3 rings (SSSR count). The Kier molecular flexibility index (Phi) is 5.12. The molecular weight excluding hydrogens is 319 g/mol. The lowest BCUT2D eigenvalue weighted by Gasteiger charge is -2.19. The molecule has 0 aromatic heterocycles. The molecule has 0 atom stereocenters. The highest BCUT2D eigenvalue weighted by molar-refractivity contribution is 6.05. The van der Waals surface area contributed by atoms with Crippen LogP contribution in [0.4, 0.5) is 10.1 Å². The second kappa shape index (κ2) is 7.47. The molecule has 1 fully saturated rings. The van der Waals surface area contributed by atoms with Crippen LogP contribution < -0.4 is 5.32 Å². The first kappa shape index (κ1) is 17.1. The lowest BCUT2D eigenvalue weighted by atomic mass is 10.0. The number of amides is 2. The third-order valence-electron chi connectivity index (χ3n) is 4.46. The standard InChI is InChI=1S/C20H21FN2O2/c1-14-7-6-10-17(19(14)20(25)23-11-4-5-12-23)22-18(24)13-15-8-2-3-9-16(15)21/h2-3,6-10H,4-5,11-13H2,1H3,(H,22,24). The highest BCUT2D eigenvalue weighted by Gasteiger charge is 2.24. The molecule has 130 valence electrons. The number of likely N-dealkylation sites (tertiary alicyclic amines) is 1. The Morgan fingerprint density at radius 1 is 1.08 bits per heavy atom. The Labute approximate surface area is 146 Å². The van der Waals surface area contributed by atoms with E-state index in [9.17, 15) is 14.0 Å². The summed E-state index contributed by atoms with van der Waals surface area (Å²) < 4.78 is 13.7. The van der Waals surface area contributed by atoms with E-state index >= 15 is 0 Å². The van der Waals surface area contributed by atoms with Gasteiger partial charge in [-0.1, -0.05) is 30.3 Å². The highest BCUT2D eigenvalue weighted by Crippen LogP contribution is 2.24. The number of aryl methyl sites for hydroxylation is 1. The first-order valence-electron chi connectivity index (χ1n) is 8.48. The van der Waals surface area contributed by atoms with Crippen LogP contribution in [0.15, 0.2) is 42.5 Å². The molecule has 0 spiro atoms. The highest BCUT2D eigenvalue weighted by atomic mass is 19.1. The number of carbonyl (C=O) groups excluding carboxylic acids is 2. The molecule has 2 aromatic carbocycles. The van der Waals surface area contributed by atoms with Crippen LogP contribution in [0.2, 0.25) is 0 Å². The average Bonchev–Trinajstić information content (AvgIpc) is 3.11. The molecule has 0 unspecified atom stereocenters. The van der Waals surface area contributed by atoms with Crippen LogP contribution in [0.5, 0.6) is 0 Å². The molecular formula is C20H21FN2O2. The number of rotatable bonds is 4. The lowest BCUT2D eigenvalue weighted by Crippen LogP contribution is -2.29. The minimum Gasteiger partial charge on any atom is -0.339 e. The number of nitrogens with zero attached hydrogens (tertiary/aromatic N) is 1. The van der Waals surface area contributed by atoms with Crippen molar-refractivity contribution in [1.82, 2.24) is 4.90 Å². The van der Waals surface area contributed by atoms with E-state index in [0.29, 0.717) is 16.8 Å². The van der Waals surface area contributed by atoms with Gasteiger partial charge in [-0.3, -0.25) is 9.59 Å². The third-order valence-corrected chi connectivity index (χ3v) is 4.46. The first-order valence-corrected chi connectivity index (χ1v) is 8.48. The Balaban J connectivity index is 1.80. The maximum atomic E-state index is 13.7. The van der Waals surface area contributed by atoms with Crippen molar-refractivity contribution in [2.45, 2.75) is 26.2 Å². The summed E-state index contributed by atoms with van der Waals surface area (Å²) in [7, 11) is 0. The van der Waals surface area contributed by atoms with Gasteiger partial charge in [-0.15, -0.1) is 0 Å². The topological polar surface area (TPSA) is 49.4 Å². The van der Waals surface area contributed by atoms with Crippen molar-refractivity contribution in [2.75, 3.05) is 18.4 Å². The summed E-state index contributed by atoms with van der Waals surface area (Å²) in [5, 5.41) is 2.78. The summed E-state index contributed by atoms with van der Waals surface area (Å²) in [5.74, 6) is -0.807. The van der Waals surface area contributed by atoms with Gasteiger partial charge in [-0.05, 0) is 43.0 Å². The first-order chi connectivity index (χ1) is 12.1. The Hall–Kier alpha value is -2.69. The number of nitrogens with one attached hydrogen (secondary N) is 1. The van der Waals surface area contributed by atoms with E-state index in [2.05, 4.69) is 5.32 Å². The minimum absolute atomic E-state index is 0.0585. The summed E-state index contributed by atoms with van der Waals surface area (Å²) in [6, 6.07) is 11.6. The van der Waals surface area contributed by atoms with E-state index in [1.807, 2.05) is 17.9 Å². The number of hydrogen-bond acceptors (Lipinski definition) is 2. The van der Waals surface area contributed by atoms with Crippen molar-refractivity contribution in [3.05, 3.63) is 65.0 Å². The summed E-state index contributed by atoms with van der Waals surface area (Å²) >= 11 is 0. The van der Waals surface area contributed by atoms with Crippen LogP contribution in [-0.4, -0.2) is 29.8 Å². The van der Waals surface area contributed by atoms with Gasteiger partial charge in [0.15, 0.2) is 0 Å². The van der Waals surface area contributed by atoms with Gasteiger partial charge in [0.2, 0.25) is 5.91 Å². The van der Waals surface area contributed by atoms with E-state index in [1.54, 1.807) is 30.3 Å². The zero-order chi connectivity index (χ0) is 17.8. The van der Waals surface area contributed by atoms with E-state index in [0.717, 1.165) is 31.5 Å². The molecule has 0 aliphatic carbocycles. The van der Waals surface area contributed by atoms with Gasteiger partial charge in [0.05, 0.1) is 17.7 Å². The normalized spacial score (nSPS) is 13.8. The average molecular weight is 340 g/mol. The fourth-order valence-electron chi connectivity index (χ4n) is 3.14. The van der Waals surface area contributed by atoms with Gasteiger partial charge < -0.3 is 10.2 Å². The van der Waals surface area contributed by atoms with E-state index < -0.39 is 5.82 Å². The molecule has 25 heavy (non-hydrogen) atoms. The van der Waals surface area contributed by atoms with Crippen molar-refractivity contribution < 1.29 is 14.0 Å². The third kappa shape index (κ3) is 3.87. The molecule has 0 saturated carbocycles. The molecule has 1 N–H and O–H groups in total. The van der Waals surface area contributed by atoms with Crippen LogP contribution in [-0.2, 0) is 11.2 Å². The molecule has 2 amide bonds. The molecule has 1 heterocycles. The number of carbonyl (C=O) groups is 2. The quantitative estimate of drug-likeness (QED) is 0.925. The second-order valence-corrected chi connectivity index (χ2v) is 6.31. The van der Waals surface area contributed by atoms with Crippen molar-refractivity contribution in [3.8, 4) is 0 Å². The maximum Gasteiger partial charge on any atom is 0.256 e. The summed E-state index contributed by atoms with van der Waals surface area (Å²) in [4.78, 5) is 27.0. The second-order valence-electron chi connectivity index (χ2n) is 6.31. The number of benzene rings is 2. The van der Waals surface area contributed by atoms with E-state index in [4.69, 9.17) is 0 Å². The van der Waals surface area contributed by atoms with Gasteiger partial charge in [0, 0.05) is 13.1 Å². The smallest absolute Gasteiger partial charge is 0.256 e. The van der Waals surface area contributed by atoms with Crippen molar-refractivity contribution in [1.29, 1.82) is 0 Å². The monoisotopic (exact) mass is 340 g/mol. The van der Waals surface area contributed by atoms with Crippen molar-refractivity contribution in [2.24, 2.45) is 0 Å². The Morgan fingerprint density at radius 3 is 2.52 bits per heavy atom. The molecule has 0 bridgehead atoms. The maximum absolute atomic E-state index is 13.7. The molecule has 1 aliphatic rings. The Bertz CT molecular complexity index is 798. The molecule has 2 aromatic rings. The van der Waals surface area contributed by atoms with Gasteiger partial charge in [0.1, 0.15) is 5.82 Å². The zero-order valence-corrected chi connectivity index (χ0v) is 14.2. The summed E-state index contributed by atoms with van der Waals surface area (Å²) in [6.45, 7) is 3.35. The molecule has 1 aliphatic heterocycles. The van der Waals surface area contributed by atoms with E-state index in [1.165, 1.54) is 6.07 Å². The van der Waals surface area contributed by atoms with Crippen LogP contribution in [0.25, 0.3) is 0 Å². The number of hydrogen-bond donors (Lipinski definition) is 1. The van der Waals surface area contributed by atoms with Gasteiger partial charge in [-0.25, -0.2) is 4.39 Å². The van der Waals surface area contributed by atoms with E-state index in [-0.39, 0.29) is 18.2 Å². The lowest BCUT2D eigenvalue weighted by molar-refractivity contribution is -0.115. The van der Waals surface area contributed by atoms with Crippen LogP contribution in [0.1, 0.15) is 34.3 Å². The SMILES string of the molecule is Cc1cccc(NC(=O)Cc2ccccc2F)c1C(=O)N1CCCC1. The zero-order valence-electron chi connectivity index (χ0n) is 14.2. The van der Waals surface area contributed by atoms with Crippen LogP contribution in [0.3, 0.4) is 0 Å². The van der Waals surface area contributed by atoms with Crippen LogP contribution >= 0.6 is 0 Å². The Morgan fingerprint density at radius 2 is 1.80 bits per heavy atom. The fraction of sp³-hybridized carbons (Fsp3) is 0.300. The fourth-order valence-corrected chi connectivity index (χ4v) is 3.14. The number of halogens is 1. The molecule has 4 nitrogen and oxygen atoms in total. The van der Waals surface area contributed by atoms with Crippen molar-refractivity contribution >= 4 is 17.5 Å². The van der Waals surface area contributed by atoms with Gasteiger partial charge in [0.25, 0.3) is 5.91 Å². The summed E-state index contributed by atoms with van der Waals surface area (Å²) in [6.07, 6.45) is 1.94. The van der Waals surface area contributed by atoms with Crippen molar-refractivity contribution in [3.63, 3.8) is 0 Å². The summed E-state index contributed by atoms with van der Waals surface area (Å²) in [5.41, 5.74) is 2.16. The minimum atomic E-state index is -0.407. The van der Waals surface area contributed by atoms with Gasteiger partial charge >= 0.3 is 0 Å². The molecule has 1 saturated heterocycles. The van der Waals surface area contributed by atoms with Gasteiger partial charge in [-0.2, -0.15) is 0 Å². The predicted molar refractivity (Wildman–Crippen MR) is 95.1 cm³/mol. The molecule has 0 radical (unpaired) electrons. The van der Waals surface area contributed by atoms with Crippen LogP contribution in [0, 0.1) is 12.7 Å². The molecule has 5 heteroatoms. The number of anilines is 1. The largest absolute Gasteiger partial charge is 0.339 e. The predicted octanol–water partition coefficient (Wildman–Crippen LogP) is 3.55.